The van der Waals surface area contributed by atoms with Gasteiger partial charge in [0.1, 0.15) is 5.78 Å². The Balaban J connectivity index is 1.78. The minimum absolute atomic E-state index is 0.0339. The van der Waals surface area contributed by atoms with Crippen LogP contribution in [0, 0.1) is 17.2 Å². The van der Waals surface area contributed by atoms with E-state index in [1.807, 2.05) is 42.5 Å². The molecular formula is C20H20N2O. The van der Waals surface area contributed by atoms with E-state index in [0.29, 0.717) is 5.56 Å². The molecule has 0 saturated carbocycles. The molecule has 0 amide bonds. The molecule has 0 N–H and O–H groups in total. The lowest BCUT2D eigenvalue weighted by atomic mass is 9.86. The van der Waals surface area contributed by atoms with Gasteiger partial charge in [-0.25, -0.2) is 0 Å². The van der Waals surface area contributed by atoms with E-state index in [0.717, 1.165) is 25.2 Å². The van der Waals surface area contributed by atoms with Crippen LogP contribution in [0.15, 0.2) is 54.6 Å². The zero-order chi connectivity index (χ0) is 16.2. The molecule has 3 heteroatoms. The van der Waals surface area contributed by atoms with Gasteiger partial charge in [0, 0.05) is 31.5 Å². The van der Waals surface area contributed by atoms with E-state index < -0.39 is 0 Å². The molecule has 1 aliphatic rings. The number of nitrogens with zero attached hydrogens (tertiary/aromatic N) is 2. The molecule has 2 aromatic rings. The average Bonchev–Trinajstić information content (AvgIpc) is 3.00. The van der Waals surface area contributed by atoms with Gasteiger partial charge >= 0.3 is 0 Å². The second-order valence-corrected chi connectivity index (χ2v) is 6.24. The van der Waals surface area contributed by atoms with Gasteiger partial charge < -0.3 is 0 Å². The lowest BCUT2D eigenvalue weighted by Gasteiger charge is -2.16. The van der Waals surface area contributed by atoms with Gasteiger partial charge in [0.15, 0.2) is 0 Å². The number of carbonyl (C=O) groups is 1. The Morgan fingerprint density at radius 2 is 1.83 bits per heavy atom. The number of carbonyl (C=O) groups excluding carboxylic acids is 1. The highest BCUT2D eigenvalue weighted by molar-refractivity contribution is 5.80. The predicted molar refractivity (Wildman–Crippen MR) is 89.8 cm³/mol. The van der Waals surface area contributed by atoms with E-state index in [1.165, 1.54) is 5.56 Å². The van der Waals surface area contributed by atoms with Crippen LogP contribution in [0.2, 0.25) is 0 Å². The molecule has 1 heterocycles. The third-order valence-corrected chi connectivity index (χ3v) is 4.63. The fourth-order valence-corrected chi connectivity index (χ4v) is 3.41. The van der Waals surface area contributed by atoms with Crippen LogP contribution >= 0.6 is 0 Å². The third kappa shape index (κ3) is 3.49. The largest absolute Gasteiger partial charge is 0.300 e. The van der Waals surface area contributed by atoms with Crippen molar-refractivity contribution >= 4 is 5.78 Å². The van der Waals surface area contributed by atoms with Gasteiger partial charge in [0.25, 0.3) is 0 Å². The van der Waals surface area contributed by atoms with Crippen molar-refractivity contribution in [3.05, 3.63) is 71.3 Å². The smallest absolute Gasteiger partial charge is 0.134 e. The van der Waals surface area contributed by atoms with Crippen LogP contribution in [0.5, 0.6) is 0 Å². The minimum Gasteiger partial charge on any atom is -0.300 e. The maximum absolute atomic E-state index is 12.1. The van der Waals surface area contributed by atoms with Crippen LogP contribution in [-0.4, -0.2) is 23.8 Å². The highest BCUT2D eigenvalue weighted by Crippen LogP contribution is 2.34. The zero-order valence-electron chi connectivity index (χ0n) is 13.3. The highest BCUT2D eigenvalue weighted by atomic mass is 16.1. The quantitative estimate of drug-likeness (QED) is 0.870. The van der Waals surface area contributed by atoms with Gasteiger partial charge in [-0.3, -0.25) is 9.69 Å². The van der Waals surface area contributed by atoms with Crippen molar-refractivity contribution in [1.29, 1.82) is 5.26 Å². The Bertz CT molecular complexity index is 716. The Hall–Kier alpha value is -2.44. The maximum atomic E-state index is 12.1. The van der Waals surface area contributed by atoms with Crippen LogP contribution in [-0.2, 0) is 11.3 Å². The number of hydrogen-bond acceptors (Lipinski definition) is 3. The Labute approximate surface area is 137 Å². The summed E-state index contributed by atoms with van der Waals surface area (Å²) in [6, 6.07) is 20.2. The van der Waals surface area contributed by atoms with E-state index >= 15 is 0 Å². The van der Waals surface area contributed by atoms with E-state index in [2.05, 4.69) is 23.1 Å². The number of Topliss-reactive ketones (excluding diaryl/α,β-unsaturated/α-hetero) is 1. The molecule has 3 rings (SSSR count). The standard InChI is InChI=1S/C20H20N2O/c1-15(23)19-13-22(12-17-5-3-2-4-6-17)14-20(19)18-9-7-16(11-21)8-10-18/h2-10,19-20H,12-14H2,1H3/t19-,20+/m0/s1. The molecule has 0 radical (unpaired) electrons. The first kappa shape index (κ1) is 15.5. The average molecular weight is 304 g/mol. The van der Waals surface area contributed by atoms with Gasteiger partial charge in [-0.05, 0) is 30.2 Å². The first-order valence-electron chi connectivity index (χ1n) is 7.94. The first-order chi connectivity index (χ1) is 11.2. The van der Waals surface area contributed by atoms with Crippen molar-refractivity contribution in [2.24, 2.45) is 5.92 Å². The van der Waals surface area contributed by atoms with Crippen molar-refractivity contribution in [3.8, 4) is 6.07 Å². The summed E-state index contributed by atoms with van der Waals surface area (Å²) in [6.07, 6.45) is 0. The third-order valence-electron chi connectivity index (χ3n) is 4.63. The van der Waals surface area contributed by atoms with E-state index in [9.17, 15) is 4.79 Å². The molecule has 0 spiro atoms. The normalized spacial score (nSPS) is 21.0. The van der Waals surface area contributed by atoms with Crippen molar-refractivity contribution < 1.29 is 4.79 Å². The van der Waals surface area contributed by atoms with Crippen LogP contribution in [0.25, 0.3) is 0 Å². The number of hydrogen-bond donors (Lipinski definition) is 0. The SMILES string of the molecule is CC(=O)[C@@H]1CN(Cc2ccccc2)C[C@@H]1c1ccc(C#N)cc1. The number of rotatable bonds is 4. The molecule has 23 heavy (non-hydrogen) atoms. The minimum atomic E-state index is 0.0339. The number of nitriles is 1. The zero-order valence-corrected chi connectivity index (χ0v) is 13.3. The monoisotopic (exact) mass is 304 g/mol. The van der Waals surface area contributed by atoms with E-state index in [-0.39, 0.29) is 17.6 Å². The fourth-order valence-electron chi connectivity index (χ4n) is 3.41. The molecule has 116 valence electrons. The summed E-state index contributed by atoms with van der Waals surface area (Å²) in [5.41, 5.74) is 3.09. The summed E-state index contributed by atoms with van der Waals surface area (Å²) >= 11 is 0. The fraction of sp³-hybridized carbons (Fsp3) is 0.300. The molecular weight excluding hydrogens is 284 g/mol. The summed E-state index contributed by atoms with van der Waals surface area (Å²) in [7, 11) is 0. The maximum Gasteiger partial charge on any atom is 0.134 e. The van der Waals surface area contributed by atoms with Crippen molar-refractivity contribution in [1.82, 2.24) is 4.90 Å². The van der Waals surface area contributed by atoms with Gasteiger partial charge in [-0.2, -0.15) is 5.26 Å². The number of likely N-dealkylation sites (tertiary alicyclic amines) is 1. The molecule has 0 aliphatic carbocycles. The van der Waals surface area contributed by atoms with Crippen molar-refractivity contribution in [3.63, 3.8) is 0 Å². The van der Waals surface area contributed by atoms with Crippen LogP contribution in [0.1, 0.15) is 29.5 Å². The molecule has 2 atom stereocenters. The summed E-state index contributed by atoms with van der Waals surface area (Å²) in [4.78, 5) is 14.4. The molecule has 0 aromatic heterocycles. The van der Waals surface area contributed by atoms with Crippen molar-refractivity contribution in [2.45, 2.75) is 19.4 Å². The lowest BCUT2D eigenvalue weighted by Crippen LogP contribution is -2.22. The topological polar surface area (TPSA) is 44.1 Å². The Kier molecular flexibility index (Phi) is 4.55. The van der Waals surface area contributed by atoms with Crippen LogP contribution < -0.4 is 0 Å². The Morgan fingerprint density at radius 3 is 2.43 bits per heavy atom. The second-order valence-electron chi connectivity index (χ2n) is 6.24. The van der Waals surface area contributed by atoms with Crippen LogP contribution in [0.3, 0.4) is 0 Å². The van der Waals surface area contributed by atoms with E-state index in [4.69, 9.17) is 5.26 Å². The lowest BCUT2D eigenvalue weighted by molar-refractivity contribution is -0.120. The summed E-state index contributed by atoms with van der Waals surface area (Å²) in [5, 5.41) is 8.93. The van der Waals surface area contributed by atoms with Gasteiger partial charge in [-0.1, -0.05) is 42.5 Å². The van der Waals surface area contributed by atoms with Crippen molar-refractivity contribution in [2.75, 3.05) is 13.1 Å². The predicted octanol–water partition coefficient (Wildman–Crippen LogP) is 3.36. The van der Waals surface area contributed by atoms with Crippen LogP contribution in [0.4, 0.5) is 0 Å². The summed E-state index contributed by atoms with van der Waals surface area (Å²) in [5.74, 6) is 0.491. The van der Waals surface area contributed by atoms with Gasteiger partial charge in [0.05, 0.1) is 11.6 Å². The molecule has 3 nitrogen and oxygen atoms in total. The molecule has 0 unspecified atom stereocenters. The van der Waals surface area contributed by atoms with Gasteiger partial charge in [0.2, 0.25) is 0 Å². The van der Waals surface area contributed by atoms with Gasteiger partial charge in [-0.15, -0.1) is 0 Å². The molecule has 1 fully saturated rings. The summed E-state index contributed by atoms with van der Waals surface area (Å²) in [6.45, 7) is 4.24. The second kappa shape index (κ2) is 6.76. The number of ketones is 1. The van der Waals surface area contributed by atoms with E-state index in [1.54, 1.807) is 6.92 Å². The Morgan fingerprint density at radius 1 is 1.13 bits per heavy atom. The highest BCUT2D eigenvalue weighted by Gasteiger charge is 2.36. The molecule has 1 aliphatic heterocycles. The molecule has 0 bridgehead atoms. The summed E-state index contributed by atoms with van der Waals surface area (Å²) < 4.78 is 0. The molecule has 1 saturated heterocycles. The number of benzene rings is 2. The first-order valence-corrected chi connectivity index (χ1v) is 7.94. The molecule has 2 aromatic carbocycles.